The number of rotatable bonds is 5. The fourth-order valence-electron chi connectivity index (χ4n) is 2.10. The van der Waals surface area contributed by atoms with Crippen molar-refractivity contribution >= 4 is 5.69 Å². The van der Waals surface area contributed by atoms with Crippen molar-refractivity contribution < 1.29 is 9.15 Å². The van der Waals surface area contributed by atoms with Crippen molar-refractivity contribution in [2.45, 2.75) is 13.2 Å². The SMILES string of the molecule is Nc1ccc(-c2ccc(COCc3ccccc3)o2)cc1. The molecule has 0 radical (unpaired) electrons. The largest absolute Gasteiger partial charge is 0.459 e. The second kappa shape index (κ2) is 6.29. The number of benzene rings is 2. The summed E-state index contributed by atoms with van der Waals surface area (Å²) in [6, 6.07) is 21.6. The third kappa shape index (κ3) is 3.52. The monoisotopic (exact) mass is 279 g/mol. The Hall–Kier alpha value is -2.52. The molecule has 0 aliphatic heterocycles. The van der Waals surface area contributed by atoms with Gasteiger partial charge < -0.3 is 14.9 Å². The van der Waals surface area contributed by atoms with Crippen LogP contribution < -0.4 is 5.73 Å². The van der Waals surface area contributed by atoms with Gasteiger partial charge in [0, 0.05) is 11.3 Å². The first-order chi connectivity index (χ1) is 10.3. The summed E-state index contributed by atoms with van der Waals surface area (Å²) >= 11 is 0. The lowest BCUT2D eigenvalue weighted by Crippen LogP contribution is -1.92. The average Bonchev–Trinajstić information content (AvgIpc) is 2.98. The van der Waals surface area contributed by atoms with Crippen LogP contribution in [0, 0.1) is 0 Å². The van der Waals surface area contributed by atoms with Crippen molar-refractivity contribution in [1.82, 2.24) is 0 Å². The smallest absolute Gasteiger partial charge is 0.134 e. The Morgan fingerprint density at radius 3 is 2.33 bits per heavy atom. The molecule has 1 aromatic heterocycles. The molecule has 106 valence electrons. The minimum atomic E-state index is 0.462. The van der Waals surface area contributed by atoms with Gasteiger partial charge >= 0.3 is 0 Å². The molecule has 3 nitrogen and oxygen atoms in total. The van der Waals surface area contributed by atoms with Crippen LogP contribution in [0.1, 0.15) is 11.3 Å². The van der Waals surface area contributed by atoms with Gasteiger partial charge in [0.25, 0.3) is 0 Å². The van der Waals surface area contributed by atoms with Gasteiger partial charge in [-0.15, -0.1) is 0 Å². The fraction of sp³-hybridized carbons (Fsp3) is 0.111. The van der Waals surface area contributed by atoms with E-state index in [1.807, 2.05) is 66.7 Å². The number of furan rings is 1. The standard InChI is InChI=1S/C18H17NO2/c19-16-8-6-15(7-9-16)18-11-10-17(21-18)13-20-12-14-4-2-1-3-5-14/h1-11H,12-13,19H2. The van der Waals surface area contributed by atoms with Crippen LogP contribution in [-0.4, -0.2) is 0 Å². The number of hydrogen-bond donors (Lipinski definition) is 1. The van der Waals surface area contributed by atoms with Crippen LogP contribution in [0.15, 0.2) is 71.1 Å². The van der Waals surface area contributed by atoms with Gasteiger partial charge in [0.15, 0.2) is 0 Å². The maximum atomic E-state index is 5.78. The molecule has 0 saturated heterocycles. The molecule has 0 bridgehead atoms. The second-order valence-corrected chi connectivity index (χ2v) is 4.87. The number of nitrogen functional groups attached to an aromatic ring is 1. The highest BCUT2D eigenvalue weighted by Crippen LogP contribution is 2.23. The molecule has 3 rings (SSSR count). The summed E-state index contributed by atoms with van der Waals surface area (Å²) in [5.41, 5.74) is 8.60. The van der Waals surface area contributed by atoms with Gasteiger partial charge in [-0.3, -0.25) is 0 Å². The number of nitrogens with two attached hydrogens (primary N) is 1. The summed E-state index contributed by atoms with van der Waals surface area (Å²) in [6.07, 6.45) is 0. The average molecular weight is 279 g/mol. The first kappa shape index (κ1) is 13.5. The lowest BCUT2D eigenvalue weighted by molar-refractivity contribution is 0.0934. The zero-order valence-corrected chi connectivity index (χ0v) is 11.7. The highest BCUT2D eigenvalue weighted by Gasteiger charge is 2.05. The maximum Gasteiger partial charge on any atom is 0.134 e. The van der Waals surface area contributed by atoms with Crippen LogP contribution in [0.5, 0.6) is 0 Å². The van der Waals surface area contributed by atoms with Crippen molar-refractivity contribution in [2.75, 3.05) is 5.73 Å². The van der Waals surface area contributed by atoms with Crippen LogP contribution in [0.2, 0.25) is 0 Å². The Morgan fingerprint density at radius 1 is 0.810 bits per heavy atom. The molecule has 2 aromatic carbocycles. The van der Waals surface area contributed by atoms with Gasteiger partial charge in [0.2, 0.25) is 0 Å². The van der Waals surface area contributed by atoms with Gasteiger partial charge in [-0.2, -0.15) is 0 Å². The minimum Gasteiger partial charge on any atom is -0.459 e. The van der Waals surface area contributed by atoms with Crippen molar-refractivity contribution in [3.8, 4) is 11.3 Å². The Morgan fingerprint density at radius 2 is 1.57 bits per heavy atom. The topological polar surface area (TPSA) is 48.4 Å². The first-order valence-corrected chi connectivity index (χ1v) is 6.87. The van der Waals surface area contributed by atoms with Crippen molar-refractivity contribution in [3.05, 3.63) is 78.1 Å². The van der Waals surface area contributed by atoms with E-state index < -0.39 is 0 Å². The number of ether oxygens (including phenoxy) is 1. The molecular formula is C18H17NO2. The summed E-state index contributed by atoms with van der Waals surface area (Å²) in [5.74, 6) is 1.64. The summed E-state index contributed by atoms with van der Waals surface area (Å²) in [6.45, 7) is 1.04. The van der Waals surface area contributed by atoms with E-state index in [1.54, 1.807) is 0 Å². The van der Waals surface area contributed by atoms with Crippen LogP contribution >= 0.6 is 0 Å². The molecule has 2 N–H and O–H groups in total. The molecule has 3 aromatic rings. The zero-order chi connectivity index (χ0) is 14.5. The van der Waals surface area contributed by atoms with Gasteiger partial charge in [-0.1, -0.05) is 30.3 Å². The molecule has 0 saturated carbocycles. The molecule has 0 atom stereocenters. The maximum absolute atomic E-state index is 5.78. The Labute approximate surface area is 124 Å². The van der Waals surface area contributed by atoms with E-state index in [-0.39, 0.29) is 0 Å². The molecule has 0 spiro atoms. The van der Waals surface area contributed by atoms with E-state index in [0.29, 0.717) is 13.2 Å². The van der Waals surface area contributed by atoms with Crippen molar-refractivity contribution in [1.29, 1.82) is 0 Å². The third-order valence-corrected chi connectivity index (χ3v) is 3.21. The van der Waals surface area contributed by atoms with Crippen molar-refractivity contribution in [3.63, 3.8) is 0 Å². The quantitative estimate of drug-likeness (QED) is 0.710. The third-order valence-electron chi connectivity index (χ3n) is 3.21. The zero-order valence-electron chi connectivity index (χ0n) is 11.7. The molecule has 1 heterocycles. The summed E-state index contributed by atoms with van der Waals surface area (Å²) < 4.78 is 11.4. The van der Waals surface area contributed by atoms with E-state index in [0.717, 1.165) is 28.3 Å². The molecule has 3 heteroatoms. The lowest BCUT2D eigenvalue weighted by Gasteiger charge is -2.02. The van der Waals surface area contributed by atoms with Crippen LogP contribution in [0.3, 0.4) is 0 Å². The minimum absolute atomic E-state index is 0.462. The fourth-order valence-corrected chi connectivity index (χ4v) is 2.10. The summed E-state index contributed by atoms with van der Waals surface area (Å²) in [7, 11) is 0. The van der Waals surface area contributed by atoms with Crippen LogP contribution in [0.25, 0.3) is 11.3 Å². The molecule has 0 fully saturated rings. The second-order valence-electron chi connectivity index (χ2n) is 4.87. The molecular weight excluding hydrogens is 262 g/mol. The number of anilines is 1. The summed E-state index contributed by atoms with van der Waals surface area (Å²) in [4.78, 5) is 0. The lowest BCUT2D eigenvalue weighted by atomic mass is 10.1. The molecule has 21 heavy (non-hydrogen) atoms. The molecule has 0 aliphatic rings. The Kier molecular flexibility index (Phi) is 4.03. The van der Waals surface area contributed by atoms with E-state index >= 15 is 0 Å². The highest BCUT2D eigenvalue weighted by atomic mass is 16.5. The van der Waals surface area contributed by atoms with E-state index in [4.69, 9.17) is 14.9 Å². The summed E-state index contributed by atoms with van der Waals surface area (Å²) in [5, 5.41) is 0. The van der Waals surface area contributed by atoms with E-state index in [1.165, 1.54) is 0 Å². The van der Waals surface area contributed by atoms with Crippen LogP contribution in [0.4, 0.5) is 5.69 Å². The Balaban J connectivity index is 1.59. The van der Waals surface area contributed by atoms with Crippen LogP contribution in [-0.2, 0) is 18.0 Å². The van der Waals surface area contributed by atoms with Gasteiger partial charge in [-0.25, -0.2) is 0 Å². The van der Waals surface area contributed by atoms with Gasteiger partial charge in [0.05, 0.1) is 6.61 Å². The predicted octanol–water partition coefficient (Wildman–Crippen LogP) is 4.25. The first-order valence-electron chi connectivity index (χ1n) is 6.87. The van der Waals surface area contributed by atoms with E-state index in [9.17, 15) is 0 Å². The van der Waals surface area contributed by atoms with Gasteiger partial charge in [0.1, 0.15) is 18.1 Å². The van der Waals surface area contributed by atoms with Crippen molar-refractivity contribution in [2.24, 2.45) is 0 Å². The Bertz CT molecular complexity index is 687. The molecule has 0 aliphatic carbocycles. The molecule has 0 amide bonds. The normalized spacial score (nSPS) is 10.7. The predicted molar refractivity (Wildman–Crippen MR) is 83.5 cm³/mol. The number of hydrogen-bond acceptors (Lipinski definition) is 3. The van der Waals surface area contributed by atoms with Gasteiger partial charge in [-0.05, 0) is 42.0 Å². The van der Waals surface area contributed by atoms with E-state index in [2.05, 4.69) is 0 Å². The highest BCUT2D eigenvalue weighted by molar-refractivity contribution is 5.60. The molecule has 0 unspecified atom stereocenters.